The molecule has 0 amide bonds. The lowest BCUT2D eigenvalue weighted by atomic mass is 10.1. The number of rotatable bonds is 7. The average Bonchev–Trinajstić information content (AvgIpc) is 3.20. The van der Waals surface area contributed by atoms with E-state index in [1.807, 2.05) is 6.07 Å². The maximum Gasteiger partial charge on any atom is 0.287 e. The Balaban J connectivity index is 1.78. The topological polar surface area (TPSA) is 107 Å². The molecule has 0 radical (unpaired) electrons. The van der Waals surface area contributed by atoms with Gasteiger partial charge in [0.2, 0.25) is 0 Å². The number of ether oxygens (including phenoxy) is 2. The molecule has 148 valence electrons. The van der Waals surface area contributed by atoms with Crippen molar-refractivity contribution >= 4 is 29.1 Å². The van der Waals surface area contributed by atoms with E-state index in [2.05, 4.69) is 10.2 Å². The molecule has 1 N–H and O–H groups in total. The number of hydrogen-bond donors (Lipinski definition) is 1. The Morgan fingerprint density at radius 1 is 1.14 bits per heavy atom. The maximum absolute atomic E-state index is 12.3. The number of benzene rings is 2. The number of ketones is 1. The minimum Gasteiger partial charge on any atom is -0.493 e. The number of nitro benzene ring substituents is 1. The van der Waals surface area contributed by atoms with E-state index in [4.69, 9.17) is 21.1 Å². The fourth-order valence-corrected chi connectivity index (χ4v) is 2.88. The molecule has 1 aromatic heterocycles. The fraction of sp³-hybridized carbons (Fsp3) is 0.100. The van der Waals surface area contributed by atoms with Gasteiger partial charge in [0.25, 0.3) is 5.69 Å². The lowest BCUT2D eigenvalue weighted by Crippen LogP contribution is -1.96. The lowest BCUT2D eigenvalue weighted by molar-refractivity contribution is -0.384. The highest BCUT2D eigenvalue weighted by atomic mass is 35.5. The van der Waals surface area contributed by atoms with Crippen molar-refractivity contribution in [2.45, 2.75) is 0 Å². The van der Waals surface area contributed by atoms with Gasteiger partial charge in [-0.1, -0.05) is 11.6 Å². The third-order valence-electron chi connectivity index (χ3n) is 4.12. The smallest absolute Gasteiger partial charge is 0.287 e. The largest absolute Gasteiger partial charge is 0.493 e. The third-order valence-corrected chi connectivity index (χ3v) is 4.42. The van der Waals surface area contributed by atoms with Crippen LogP contribution in [0.4, 0.5) is 5.69 Å². The predicted octanol–water partition coefficient (Wildman–Crippen LogP) is 4.55. The third kappa shape index (κ3) is 4.44. The van der Waals surface area contributed by atoms with Crippen LogP contribution in [0, 0.1) is 10.1 Å². The van der Waals surface area contributed by atoms with Crippen LogP contribution in [0.5, 0.6) is 11.5 Å². The Kier molecular flexibility index (Phi) is 5.94. The van der Waals surface area contributed by atoms with Gasteiger partial charge in [-0.25, -0.2) is 0 Å². The molecule has 0 bridgehead atoms. The monoisotopic (exact) mass is 413 g/mol. The first-order valence-corrected chi connectivity index (χ1v) is 8.75. The normalized spacial score (nSPS) is 10.9. The first kappa shape index (κ1) is 20.1. The molecule has 0 saturated carbocycles. The van der Waals surface area contributed by atoms with Gasteiger partial charge in [0.1, 0.15) is 5.02 Å². The summed E-state index contributed by atoms with van der Waals surface area (Å²) in [6, 6.07) is 11.0. The van der Waals surface area contributed by atoms with Crippen LogP contribution < -0.4 is 9.47 Å². The molecule has 0 aliphatic heterocycles. The summed E-state index contributed by atoms with van der Waals surface area (Å²) in [6.45, 7) is 0. The summed E-state index contributed by atoms with van der Waals surface area (Å²) in [5.74, 6) is 0.846. The zero-order valence-corrected chi connectivity index (χ0v) is 16.3. The molecule has 3 aromatic rings. The minimum absolute atomic E-state index is 0.0912. The molecular formula is C20H16ClN3O5. The van der Waals surface area contributed by atoms with Crippen molar-refractivity contribution < 1.29 is 19.2 Å². The summed E-state index contributed by atoms with van der Waals surface area (Å²) in [5, 5.41) is 17.8. The van der Waals surface area contributed by atoms with E-state index in [1.165, 1.54) is 24.3 Å². The number of nitrogens with one attached hydrogen (secondary N) is 1. The minimum atomic E-state index is -0.604. The van der Waals surface area contributed by atoms with Gasteiger partial charge in [0, 0.05) is 17.2 Å². The second-order valence-corrected chi connectivity index (χ2v) is 6.31. The van der Waals surface area contributed by atoms with Gasteiger partial charge in [0.15, 0.2) is 17.3 Å². The summed E-state index contributed by atoms with van der Waals surface area (Å²) < 4.78 is 10.5. The van der Waals surface area contributed by atoms with E-state index < -0.39 is 4.92 Å². The molecule has 29 heavy (non-hydrogen) atoms. The summed E-state index contributed by atoms with van der Waals surface area (Å²) in [6.07, 6.45) is 2.90. The number of aromatic amines is 1. The predicted molar refractivity (Wildman–Crippen MR) is 109 cm³/mol. The zero-order chi connectivity index (χ0) is 21.0. The Bertz CT molecular complexity index is 1110. The number of carbonyl (C=O) groups excluding carboxylic acids is 1. The highest BCUT2D eigenvalue weighted by molar-refractivity contribution is 6.33. The van der Waals surface area contributed by atoms with Crippen LogP contribution >= 0.6 is 11.6 Å². The molecule has 8 nitrogen and oxygen atoms in total. The second-order valence-electron chi connectivity index (χ2n) is 5.90. The molecule has 0 unspecified atom stereocenters. The summed E-state index contributed by atoms with van der Waals surface area (Å²) in [7, 11) is 3.11. The second kappa shape index (κ2) is 8.57. The van der Waals surface area contributed by atoms with Crippen LogP contribution in [0.25, 0.3) is 17.3 Å². The van der Waals surface area contributed by atoms with Crippen molar-refractivity contribution in [1.82, 2.24) is 10.2 Å². The van der Waals surface area contributed by atoms with Crippen LogP contribution in [0.3, 0.4) is 0 Å². The van der Waals surface area contributed by atoms with Crippen LogP contribution in [0.1, 0.15) is 16.1 Å². The number of aromatic nitrogens is 2. The highest BCUT2D eigenvalue weighted by Gasteiger charge is 2.14. The zero-order valence-electron chi connectivity index (χ0n) is 15.5. The molecule has 9 heteroatoms. The number of H-pyrrole nitrogens is 1. The van der Waals surface area contributed by atoms with Crippen LogP contribution in [-0.2, 0) is 0 Å². The van der Waals surface area contributed by atoms with E-state index in [0.29, 0.717) is 22.9 Å². The lowest BCUT2D eigenvalue weighted by Gasteiger charge is -2.08. The molecule has 2 aromatic carbocycles. The van der Waals surface area contributed by atoms with Crippen molar-refractivity contribution in [1.29, 1.82) is 0 Å². The number of allylic oxidation sites excluding steroid dienone is 1. The maximum atomic E-state index is 12.3. The van der Waals surface area contributed by atoms with Crippen LogP contribution in [-0.4, -0.2) is 35.1 Å². The van der Waals surface area contributed by atoms with E-state index >= 15 is 0 Å². The fourth-order valence-electron chi connectivity index (χ4n) is 2.64. The SMILES string of the molecule is COc1ccc(-c2cc(C=CC(=O)c3ccc([N+](=O)[O-])c(Cl)c3)[nH]n2)cc1OC. The highest BCUT2D eigenvalue weighted by Crippen LogP contribution is 2.32. The molecule has 0 saturated heterocycles. The molecule has 0 aliphatic carbocycles. The van der Waals surface area contributed by atoms with Crippen molar-refractivity contribution in [2.75, 3.05) is 14.2 Å². The molecule has 3 rings (SSSR count). The van der Waals surface area contributed by atoms with Crippen molar-refractivity contribution in [3.63, 3.8) is 0 Å². The van der Waals surface area contributed by atoms with Gasteiger partial charge in [-0.2, -0.15) is 5.10 Å². The Hall–Kier alpha value is -3.65. The molecular weight excluding hydrogens is 398 g/mol. The quantitative estimate of drug-likeness (QED) is 0.263. The van der Waals surface area contributed by atoms with E-state index in [0.717, 1.165) is 5.56 Å². The van der Waals surface area contributed by atoms with Gasteiger partial charge in [-0.05, 0) is 48.6 Å². The van der Waals surface area contributed by atoms with Gasteiger partial charge in [0.05, 0.1) is 30.5 Å². The molecule has 1 heterocycles. The molecule has 0 spiro atoms. The Labute approximate surface area is 170 Å². The van der Waals surface area contributed by atoms with Crippen molar-refractivity contribution in [3.05, 3.63) is 74.9 Å². The van der Waals surface area contributed by atoms with Crippen LogP contribution in [0.2, 0.25) is 5.02 Å². The van der Waals surface area contributed by atoms with Gasteiger partial charge in [-0.3, -0.25) is 20.0 Å². The van der Waals surface area contributed by atoms with Gasteiger partial charge < -0.3 is 9.47 Å². The van der Waals surface area contributed by atoms with Crippen molar-refractivity contribution in [2.24, 2.45) is 0 Å². The first-order chi connectivity index (χ1) is 13.9. The van der Waals surface area contributed by atoms with E-state index in [-0.39, 0.29) is 22.1 Å². The van der Waals surface area contributed by atoms with Crippen molar-refractivity contribution in [3.8, 4) is 22.8 Å². The van der Waals surface area contributed by atoms with Crippen LogP contribution in [0.15, 0.2) is 48.5 Å². The summed E-state index contributed by atoms with van der Waals surface area (Å²) >= 11 is 5.85. The summed E-state index contributed by atoms with van der Waals surface area (Å²) in [5.41, 5.74) is 2.08. The first-order valence-electron chi connectivity index (χ1n) is 8.37. The average molecular weight is 414 g/mol. The van der Waals surface area contributed by atoms with E-state index in [9.17, 15) is 14.9 Å². The summed E-state index contributed by atoms with van der Waals surface area (Å²) in [4.78, 5) is 22.5. The Morgan fingerprint density at radius 3 is 2.55 bits per heavy atom. The van der Waals surface area contributed by atoms with Gasteiger partial charge >= 0.3 is 0 Å². The molecule has 0 aliphatic rings. The van der Waals surface area contributed by atoms with E-state index in [1.54, 1.807) is 38.5 Å². The number of hydrogen-bond acceptors (Lipinski definition) is 6. The number of carbonyl (C=O) groups is 1. The van der Waals surface area contributed by atoms with Gasteiger partial charge in [-0.15, -0.1) is 0 Å². The Morgan fingerprint density at radius 2 is 1.90 bits per heavy atom. The molecule has 0 fully saturated rings. The number of nitro groups is 1. The number of methoxy groups -OCH3 is 2. The standard InChI is InChI=1S/C20H16ClN3O5/c1-28-19-8-4-12(10-20(19)29-2)16-11-14(22-23-16)5-7-18(25)13-3-6-17(24(26)27)15(21)9-13/h3-11H,1-2H3,(H,22,23). The number of halogens is 1. The number of nitrogens with zero attached hydrogens (tertiary/aromatic N) is 2. The molecule has 0 atom stereocenters.